The maximum Gasteiger partial charge on any atom is 0.0497 e. The third-order valence-corrected chi connectivity index (χ3v) is 3.13. The Morgan fingerprint density at radius 3 is 2.60 bits per heavy atom. The lowest BCUT2D eigenvalue weighted by Gasteiger charge is -2.00. The van der Waals surface area contributed by atoms with Crippen LogP contribution in [0, 0.1) is 0 Å². The van der Waals surface area contributed by atoms with Gasteiger partial charge in [-0.3, -0.25) is 0 Å². The maximum atomic E-state index is 4.17. The van der Waals surface area contributed by atoms with Gasteiger partial charge in [-0.1, -0.05) is 36.9 Å². The number of rotatable bonds is 1. The van der Waals surface area contributed by atoms with Crippen LogP contribution < -0.4 is 5.35 Å². The van der Waals surface area contributed by atoms with E-state index in [-0.39, 0.29) is 0 Å². The Morgan fingerprint density at radius 1 is 1.13 bits per heavy atom. The summed E-state index contributed by atoms with van der Waals surface area (Å²) in [6.07, 6.45) is 0. The van der Waals surface area contributed by atoms with Gasteiger partial charge in [-0.05, 0) is 18.4 Å². The van der Waals surface area contributed by atoms with E-state index in [1.807, 2.05) is 0 Å². The van der Waals surface area contributed by atoms with Crippen molar-refractivity contribution in [2.24, 2.45) is 0 Å². The molecule has 0 radical (unpaired) electrons. The van der Waals surface area contributed by atoms with Gasteiger partial charge in [-0.15, -0.1) is 0 Å². The van der Waals surface area contributed by atoms with E-state index in [9.17, 15) is 0 Å². The first-order valence-electron chi connectivity index (χ1n) is 5.31. The highest BCUT2D eigenvalue weighted by molar-refractivity contribution is 6.09. The first-order chi connectivity index (χ1) is 7.33. The van der Waals surface area contributed by atoms with Gasteiger partial charge < -0.3 is 4.57 Å². The van der Waals surface area contributed by atoms with Gasteiger partial charge in [0.2, 0.25) is 0 Å². The molecule has 15 heavy (non-hydrogen) atoms. The van der Waals surface area contributed by atoms with Crippen LogP contribution in [0.25, 0.3) is 28.3 Å². The molecule has 74 valence electrons. The van der Waals surface area contributed by atoms with Crippen molar-refractivity contribution >= 4 is 28.3 Å². The lowest BCUT2D eigenvalue weighted by Crippen LogP contribution is -2.12. The Morgan fingerprint density at radius 2 is 1.87 bits per heavy atom. The van der Waals surface area contributed by atoms with E-state index in [0.717, 1.165) is 11.9 Å². The zero-order valence-electron chi connectivity index (χ0n) is 8.83. The zero-order valence-corrected chi connectivity index (χ0v) is 8.83. The summed E-state index contributed by atoms with van der Waals surface area (Å²) < 4.78 is 2.28. The summed E-state index contributed by atoms with van der Waals surface area (Å²) in [6, 6.07) is 12.9. The van der Waals surface area contributed by atoms with E-state index in [0.29, 0.717) is 0 Å². The zero-order chi connectivity index (χ0) is 10.4. The summed E-state index contributed by atoms with van der Waals surface area (Å²) in [5, 5.41) is 5.07. The number of hydrogen-bond donors (Lipinski definition) is 0. The van der Waals surface area contributed by atoms with Crippen molar-refractivity contribution < 1.29 is 0 Å². The fourth-order valence-electron chi connectivity index (χ4n) is 2.44. The molecule has 1 nitrogen and oxygen atoms in total. The highest BCUT2D eigenvalue weighted by Gasteiger charge is 2.07. The van der Waals surface area contributed by atoms with Gasteiger partial charge >= 0.3 is 0 Å². The summed E-state index contributed by atoms with van der Waals surface area (Å²) >= 11 is 0. The molecule has 0 bridgehead atoms. The third-order valence-electron chi connectivity index (χ3n) is 3.13. The number of benzene rings is 2. The van der Waals surface area contributed by atoms with Crippen molar-refractivity contribution in [1.82, 2.24) is 4.57 Å². The Kier molecular flexibility index (Phi) is 1.63. The Bertz CT molecular complexity index is 671. The minimum absolute atomic E-state index is 0.979. The van der Waals surface area contributed by atoms with Gasteiger partial charge in [0.15, 0.2) is 0 Å². The Labute approximate surface area is 88.6 Å². The molecule has 0 spiro atoms. The number of aryl methyl sites for hydroxylation is 1. The quantitative estimate of drug-likeness (QED) is 0.562. The van der Waals surface area contributed by atoms with E-state index in [2.05, 4.69) is 54.5 Å². The minimum Gasteiger partial charge on any atom is -0.341 e. The van der Waals surface area contributed by atoms with E-state index in [4.69, 9.17) is 0 Å². The second-order valence-electron chi connectivity index (χ2n) is 3.87. The van der Waals surface area contributed by atoms with Crippen molar-refractivity contribution in [2.45, 2.75) is 13.5 Å². The first-order valence-corrected chi connectivity index (χ1v) is 5.31. The second kappa shape index (κ2) is 2.86. The van der Waals surface area contributed by atoms with Crippen LogP contribution in [0.1, 0.15) is 6.92 Å². The van der Waals surface area contributed by atoms with Crippen LogP contribution in [0.2, 0.25) is 0 Å². The minimum atomic E-state index is 0.979. The van der Waals surface area contributed by atoms with Crippen LogP contribution >= 0.6 is 0 Å². The van der Waals surface area contributed by atoms with E-state index in [1.54, 1.807) is 0 Å². The van der Waals surface area contributed by atoms with Crippen LogP contribution in [-0.2, 0) is 6.54 Å². The van der Waals surface area contributed by atoms with Crippen molar-refractivity contribution in [2.75, 3.05) is 0 Å². The molecule has 0 N–H and O–H groups in total. The van der Waals surface area contributed by atoms with Crippen LogP contribution in [0.3, 0.4) is 0 Å². The van der Waals surface area contributed by atoms with Gasteiger partial charge in [-0.2, -0.15) is 0 Å². The highest BCUT2D eigenvalue weighted by Crippen LogP contribution is 2.24. The predicted octanol–water partition coefficient (Wildman–Crippen LogP) is 2.94. The average molecular weight is 195 g/mol. The van der Waals surface area contributed by atoms with Gasteiger partial charge in [0.1, 0.15) is 0 Å². The Balaban J connectivity index is 2.72. The molecule has 0 saturated carbocycles. The maximum absolute atomic E-state index is 4.17. The number of nitrogens with zero attached hydrogens (tertiary/aromatic N) is 1. The lowest BCUT2D eigenvalue weighted by atomic mass is 10.1. The molecule has 0 fully saturated rings. The Hall–Kier alpha value is -1.76. The molecular formula is C14H13N. The van der Waals surface area contributed by atoms with Crippen LogP contribution in [0.5, 0.6) is 0 Å². The van der Waals surface area contributed by atoms with Gasteiger partial charge in [-0.25, -0.2) is 0 Å². The van der Waals surface area contributed by atoms with Crippen molar-refractivity contribution in [3.05, 3.63) is 41.7 Å². The number of hydrogen-bond acceptors (Lipinski definition) is 0. The molecule has 3 aromatic rings. The molecule has 0 aliphatic carbocycles. The fraction of sp³-hybridized carbons (Fsp3) is 0.143. The molecule has 1 heteroatoms. The summed E-state index contributed by atoms with van der Waals surface area (Å²) in [7, 11) is 0. The summed E-state index contributed by atoms with van der Waals surface area (Å²) in [5.41, 5.74) is 1.30. The van der Waals surface area contributed by atoms with Crippen LogP contribution in [0.15, 0.2) is 36.4 Å². The van der Waals surface area contributed by atoms with E-state index in [1.165, 1.54) is 21.7 Å². The van der Waals surface area contributed by atoms with Gasteiger partial charge in [0.25, 0.3) is 0 Å². The molecule has 0 atom stereocenters. The molecule has 3 rings (SSSR count). The highest BCUT2D eigenvalue weighted by atomic mass is 15.0. The molecule has 2 aromatic carbocycles. The number of aromatic nitrogens is 1. The molecule has 0 aliphatic heterocycles. The molecule has 0 unspecified atom stereocenters. The van der Waals surface area contributed by atoms with Gasteiger partial charge in [0.05, 0.1) is 0 Å². The predicted molar refractivity (Wildman–Crippen MR) is 65.9 cm³/mol. The first kappa shape index (κ1) is 8.54. The van der Waals surface area contributed by atoms with E-state index < -0.39 is 0 Å². The lowest BCUT2D eigenvalue weighted by molar-refractivity contribution is 0.779. The molecular weight excluding hydrogens is 182 g/mol. The normalized spacial score (nSPS) is 11.5. The molecule has 0 saturated heterocycles. The van der Waals surface area contributed by atoms with Crippen LogP contribution in [0.4, 0.5) is 0 Å². The standard InChI is InChI=1S/C14H13N/c1-3-15-10(2)12-8-4-6-11-7-5-9-13(15)14(11)12/h4-9H,2-3H2,1H3. The van der Waals surface area contributed by atoms with Crippen molar-refractivity contribution in [3.63, 3.8) is 0 Å². The van der Waals surface area contributed by atoms with Crippen LogP contribution in [-0.4, -0.2) is 4.57 Å². The smallest absolute Gasteiger partial charge is 0.0497 e. The van der Waals surface area contributed by atoms with Crippen molar-refractivity contribution in [3.8, 4) is 0 Å². The summed E-state index contributed by atoms with van der Waals surface area (Å²) in [5.74, 6) is 0. The van der Waals surface area contributed by atoms with Gasteiger partial charge in [0, 0.05) is 28.2 Å². The van der Waals surface area contributed by atoms with Crippen molar-refractivity contribution in [1.29, 1.82) is 0 Å². The topological polar surface area (TPSA) is 4.93 Å². The summed E-state index contributed by atoms with van der Waals surface area (Å²) in [6.45, 7) is 7.31. The molecule has 0 amide bonds. The van der Waals surface area contributed by atoms with E-state index >= 15 is 0 Å². The largest absolute Gasteiger partial charge is 0.341 e. The average Bonchev–Trinajstić information content (AvgIpc) is 2.55. The molecule has 0 aliphatic rings. The third kappa shape index (κ3) is 0.977. The fourth-order valence-corrected chi connectivity index (χ4v) is 2.44. The SMILES string of the molecule is C=c1c2cccc3cccc(c32)n1CC. The molecule has 1 heterocycles. The molecule has 1 aromatic heterocycles. The monoisotopic (exact) mass is 195 g/mol. The summed E-state index contributed by atoms with van der Waals surface area (Å²) in [4.78, 5) is 0. The second-order valence-corrected chi connectivity index (χ2v) is 3.87.